The number of benzene rings is 1. The Labute approximate surface area is 359 Å². The molecule has 0 spiro atoms. The summed E-state index contributed by atoms with van der Waals surface area (Å²) in [6.45, 7) is 18.3. The third-order valence-corrected chi connectivity index (χ3v) is 13.9. The minimum absolute atomic E-state index is 0.0556. The molecular weight excluding hydrogens is 773 g/mol. The van der Waals surface area contributed by atoms with E-state index in [2.05, 4.69) is 4.90 Å². The van der Waals surface area contributed by atoms with Crippen molar-refractivity contribution in [1.82, 2.24) is 9.80 Å². The highest BCUT2D eigenvalue weighted by atomic mass is 16.7. The maximum atomic E-state index is 14.5. The zero-order valence-corrected chi connectivity index (χ0v) is 38.7. The molecule has 0 bridgehead atoms. The van der Waals surface area contributed by atoms with Gasteiger partial charge in [-0.2, -0.15) is 0 Å². The summed E-state index contributed by atoms with van der Waals surface area (Å²) in [4.78, 5) is 32.4. The van der Waals surface area contributed by atoms with Crippen molar-refractivity contribution in [3.8, 4) is 0 Å². The largest absolute Gasteiger partial charge is 0.459 e. The van der Waals surface area contributed by atoms with Crippen molar-refractivity contribution in [3.05, 3.63) is 35.9 Å². The summed E-state index contributed by atoms with van der Waals surface area (Å²) in [6.07, 6.45) is -6.89. The van der Waals surface area contributed by atoms with Gasteiger partial charge in [-0.05, 0) is 94.8 Å². The Kier molecular flexibility index (Phi) is 17.4. The molecule has 0 unspecified atom stereocenters. The summed E-state index contributed by atoms with van der Waals surface area (Å²) in [7, 11) is 7.33. The lowest BCUT2D eigenvalue weighted by atomic mass is 9.77. The molecule has 0 radical (unpaired) electrons. The molecule has 0 aromatic heterocycles. The van der Waals surface area contributed by atoms with Gasteiger partial charge in [-0.15, -0.1) is 0 Å². The lowest BCUT2D eigenvalue weighted by molar-refractivity contribution is -0.313. The van der Waals surface area contributed by atoms with E-state index in [1.54, 1.807) is 46.8 Å². The van der Waals surface area contributed by atoms with Gasteiger partial charge in [-0.3, -0.25) is 9.59 Å². The monoisotopic (exact) mass is 851 g/mol. The first-order valence-electron chi connectivity index (χ1n) is 22.0. The van der Waals surface area contributed by atoms with Gasteiger partial charge in [0.15, 0.2) is 18.4 Å². The average molecular weight is 851 g/mol. The summed E-state index contributed by atoms with van der Waals surface area (Å²) in [6, 6.07) is 8.48. The first kappa shape index (κ1) is 50.6. The van der Waals surface area contributed by atoms with Gasteiger partial charge in [0, 0.05) is 56.0 Å². The van der Waals surface area contributed by atoms with Gasteiger partial charge in [0.05, 0.1) is 41.5 Å². The number of Topliss-reactive ketones (excluding diaryl/α,β-unsaturated/α-hetero) is 1. The second-order valence-electron chi connectivity index (χ2n) is 19.3. The molecule has 0 saturated carbocycles. The number of hydrogen-bond acceptors (Lipinski definition) is 14. The highest BCUT2D eigenvalue weighted by molar-refractivity contribution is 5.96. The smallest absolute Gasteiger partial charge is 0.311 e. The molecule has 18 atom stereocenters. The Morgan fingerprint density at radius 2 is 1.58 bits per heavy atom. The molecule has 3 aliphatic rings. The molecule has 1 aromatic carbocycles. The number of cyclic esters (lactones) is 1. The van der Waals surface area contributed by atoms with Crippen LogP contribution >= 0.6 is 0 Å². The van der Waals surface area contributed by atoms with Crippen LogP contribution in [0.25, 0.3) is 0 Å². The predicted octanol–water partition coefficient (Wildman–Crippen LogP) is 4.43. The van der Waals surface area contributed by atoms with E-state index >= 15 is 0 Å². The van der Waals surface area contributed by atoms with Crippen molar-refractivity contribution >= 4 is 11.8 Å². The number of ketones is 1. The maximum absolute atomic E-state index is 14.5. The van der Waals surface area contributed by atoms with Crippen molar-refractivity contribution in [2.24, 2.45) is 23.7 Å². The average Bonchev–Trinajstić information content (AvgIpc) is 3.18. The van der Waals surface area contributed by atoms with Crippen LogP contribution in [0.2, 0.25) is 0 Å². The van der Waals surface area contributed by atoms with Crippen LogP contribution in [0.3, 0.4) is 0 Å². The third-order valence-electron chi connectivity index (χ3n) is 13.9. The predicted molar refractivity (Wildman–Crippen MR) is 227 cm³/mol. The van der Waals surface area contributed by atoms with Crippen molar-refractivity contribution in [2.75, 3.05) is 34.8 Å². The van der Waals surface area contributed by atoms with Crippen LogP contribution in [0, 0.1) is 23.7 Å². The van der Waals surface area contributed by atoms with Gasteiger partial charge in [-0.1, -0.05) is 51.1 Å². The van der Waals surface area contributed by atoms with Gasteiger partial charge in [0.2, 0.25) is 0 Å². The van der Waals surface area contributed by atoms with Crippen molar-refractivity contribution < 1.29 is 58.4 Å². The van der Waals surface area contributed by atoms with E-state index in [9.17, 15) is 30.0 Å². The normalized spacial score (nSPS) is 44.5. The molecular formula is C46H78N2O12. The third kappa shape index (κ3) is 11.5. The van der Waals surface area contributed by atoms with Gasteiger partial charge in [-0.25, -0.2) is 0 Å². The van der Waals surface area contributed by atoms with Gasteiger partial charge < -0.3 is 58.6 Å². The Balaban J connectivity index is 1.87. The summed E-state index contributed by atoms with van der Waals surface area (Å²) >= 11 is 0. The fourth-order valence-electron chi connectivity index (χ4n) is 10.1. The molecule has 60 heavy (non-hydrogen) atoms. The Hall–Kier alpha value is -2.08. The van der Waals surface area contributed by atoms with Crippen LogP contribution in [0.1, 0.15) is 112 Å². The lowest BCUT2D eigenvalue weighted by Gasteiger charge is -2.49. The van der Waals surface area contributed by atoms with E-state index in [4.69, 9.17) is 28.4 Å². The SMILES string of the molecule is CC[C@H]1OC(=O)[C@H](C)[C@@H](O[C@H]2C[C@@](C)(OC)[C@@H](O)[C@H](C)O2)[C@H](C)[C@@H](O[C@@H]2O[C@H](C)C[C@H](N(C)C)[C@H]2CC(=O)c2ccccc2)[C@](C)(O)C[C@@H](C)CN(C)[C@H](C)[C@@H](O)[C@]1(C)O. The van der Waals surface area contributed by atoms with Gasteiger partial charge >= 0.3 is 5.97 Å². The number of ether oxygens (including phenoxy) is 6. The highest BCUT2D eigenvalue weighted by Crippen LogP contribution is 2.41. The molecule has 14 nitrogen and oxygen atoms in total. The van der Waals surface area contributed by atoms with Crippen molar-refractivity contribution in [2.45, 2.75) is 186 Å². The number of hydrogen-bond donors (Lipinski definition) is 4. The van der Waals surface area contributed by atoms with Gasteiger partial charge in [0.1, 0.15) is 23.9 Å². The van der Waals surface area contributed by atoms with Gasteiger partial charge in [0.25, 0.3) is 0 Å². The zero-order chi connectivity index (χ0) is 45.1. The fourth-order valence-corrected chi connectivity index (χ4v) is 10.1. The lowest BCUT2D eigenvalue weighted by Crippen LogP contribution is -2.60. The number of rotatable bonds is 10. The first-order valence-corrected chi connectivity index (χ1v) is 22.0. The van der Waals surface area contributed by atoms with E-state index in [0.717, 1.165) is 0 Å². The molecule has 1 aromatic rings. The van der Waals surface area contributed by atoms with Crippen LogP contribution in [-0.2, 0) is 33.2 Å². The topological polar surface area (TPSA) is 177 Å². The second kappa shape index (κ2) is 20.6. The summed E-state index contributed by atoms with van der Waals surface area (Å²) in [5, 5.41) is 47.4. The highest BCUT2D eigenvalue weighted by Gasteiger charge is 2.53. The number of methoxy groups -OCH3 is 1. The molecule has 3 saturated heterocycles. The quantitative estimate of drug-likeness (QED) is 0.192. The van der Waals surface area contributed by atoms with Crippen LogP contribution in [0.4, 0.5) is 0 Å². The van der Waals surface area contributed by atoms with Crippen molar-refractivity contribution in [3.63, 3.8) is 0 Å². The molecule has 0 amide bonds. The van der Waals surface area contributed by atoms with E-state index in [-0.39, 0.29) is 49.5 Å². The second-order valence-corrected chi connectivity index (χ2v) is 19.3. The first-order chi connectivity index (χ1) is 27.9. The number of aliphatic hydroxyl groups excluding tert-OH is 2. The van der Waals surface area contributed by atoms with E-state index in [1.165, 1.54) is 14.0 Å². The zero-order valence-electron chi connectivity index (χ0n) is 38.7. The van der Waals surface area contributed by atoms with Crippen LogP contribution < -0.4 is 0 Å². The van der Waals surface area contributed by atoms with Crippen LogP contribution in [-0.4, -0.2) is 161 Å². The van der Waals surface area contributed by atoms with E-state index in [0.29, 0.717) is 18.5 Å². The minimum Gasteiger partial charge on any atom is -0.459 e. The number of carbonyl (C=O) groups is 2. The van der Waals surface area contributed by atoms with E-state index in [1.807, 2.05) is 71.9 Å². The van der Waals surface area contributed by atoms with Crippen LogP contribution in [0.15, 0.2) is 30.3 Å². The number of esters is 1. The fraction of sp³-hybridized carbons (Fsp3) is 0.826. The standard InChI is InChI=1S/C46H78N2O12/c1-15-36-46(10,54)39(50)30(6)48(13)25-26(2)23-44(8,53)41(28(4)38(29(5)42(52)58-36)59-37-24-45(9,55-14)40(51)31(7)57-37)60-43-33(34(47(11)12)21-27(3)56-43)22-35(49)32-19-17-16-18-20-32/h16-20,26-31,33-34,36-41,43,50-51,53-54H,15,21-25H2,1-14H3/t26-,27-,28+,29-,30-,31+,33-,34+,36-,37+,38+,39-,40+,41-,43+,44-,45-,46-/m1/s1. The molecule has 3 fully saturated rings. The molecule has 14 heteroatoms. The number of aliphatic hydroxyl groups is 4. The molecule has 344 valence electrons. The van der Waals surface area contributed by atoms with Crippen molar-refractivity contribution in [1.29, 1.82) is 0 Å². The van der Waals surface area contributed by atoms with E-state index < -0.39 is 95.8 Å². The Morgan fingerprint density at radius 1 is 0.950 bits per heavy atom. The Bertz CT molecular complexity index is 1530. The summed E-state index contributed by atoms with van der Waals surface area (Å²) in [5.74, 6) is -3.12. The number of likely N-dealkylation sites (N-methyl/N-ethyl adjacent to an activating group) is 1. The maximum Gasteiger partial charge on any atom is 0.311 e. The Morgan fingerprint density at radius 3 is 2.17 bits per heavy atom. The molecule has 3 aliphatic heterocycles. The molecule has 4 rings (SSSR count). The minimum atomic E-state index is -1.82. The summed E-state index contributed by atoms with van der Waals surface area (Å²) in [5.41, 5.74) is -3.85. The molecule has 0 aliphatic carbocycles. The number of carbonyl (C=O) groups excluding carboxylic acids is 2. The molecule has 3 heterocycles. The number of nitrogens with zero attached hydrogens (tertiary/aromatic N) is 2. The summed E-state index contributed by atoms with van der Waals surface area (Å²) < 4.78 is 38.8. The molecule has 4 N–H and O–H groups in total. The van der Waals surface area contributed by atoms with Crippen LogP contribution in [0.5, 0.6) is 0 Å².